The molecule has 3 aromatic carbocycles. The van der Waals surface area contributed by atoms with Crippen LogP contribution in [0.3, 0.4) is 0 Å². The Morgan fingerprint density at radius 2 is 1.52 bits per heavy atom. The van der Waals surface area contributed by atoms with Gasteiger partial charge < -0.3 is 4.57 Å². The topological polar surface area (TPSA) is 83.8 Å². The van der Waals surface area contributed by atoms with Gasteiger partial charge in [-0.3, -0.25) is 9.10 Å². The lowest BCUT2D eigenvalue weighted by Gasteiger charge is -2.24. The molecule has 7 nitrogen and oxygen atoms in total. The van der Waals surface area contributed by atoms with Crippen molar-refractivity contribution >= 4 is 51.0 Å². The molecule has 0 aliphatic carbocycles. The fourth-order valence-corrected chi connectivity index (χ4v) is 6.52. The van der Waals surface area contributed by atoms with Crippen molar-refractivity contribution in [2.45, 2.75) is 39.5 Å². The Morgan fingerprint density at radius 1 is 0.925 bits per heavy atom. The van der Waals surface area contributed by atoms with Crippen molar-refractivity contribution in [1.82, 2.24) is 9.99 Å². The van der Waals surface area contributed by atoms with E-state index in [1.165, 1.54) is 30.3 Å². The first-order valence-electron chi connectivity index (χ1n) is 12.5. The Hall–Kier alpha value is -3.59. The predicted octanol–water partition coefficient (Wildman–Crippen LogP) is 6.67. The predicted molar refractivity (Wildman–Crippen MR) is 163 cm³/mol. The summed E-state index contributed by atoms with van der Waals surface area (Å²) in [6, 6.07) is 18.9. The highest BCUT2D eigenvalue weighted by atomic mass is 35.5. The molecule has 10 heteroatoms. The molecule has 0 radical (unpaired) electrons. The number of aryl methyl sites for hydroxylation is 4. The van der Waals surface area contributed by atoms with Crippen molar-refractivity contribution in [3.63, 3.8) is 0 Å². The number of hydrazone groups is 1. The standard InChI is InChI=1S/C30H30Cl2N4O3S/c1-19-9-11-28(12-10-19)40(38,39)35(27-15-25(31)14-26(32)16-27)18-29(37)34-33-17-24-13-22(4)36(23(24)5)30-20(2)7-6-8-21(30)3/h6-17H,18H2,1-5H3,(H,34,37)/b33-17-. The minimum absolute atomic E-state index is 0.0319. The number of benzene rings is 3. The van der Waals surface area contributed by atoms with Crippen LogP contribution in [0.1, 0.15) is 33.6 Å². The molecule has 4 rings (SSSR count). The molecular formula is C30H30Cl2N4O3S. The summed E-state index contributed by atoms with van der Waals surface area (Å²) in [5.74, 6) is -0.633. The average molecular weight is 598 g/mol. The minimum Gasteiger partial charge on any atom is -0.317 e. The van der Waals surface area contributed by atoms with Crippen LogP contribution >= 0.6 is 23.2 Å². The fourth-order valence-electron chi connectivity index (χ4n) is 4.60. The van der Waals surface area contributed by atoms with Gasteiger partial charge in [-0.15, -0.1) is 0 Å². The van der Waals surface area contributed by atoms with E-state index in [0.717, 1.165) is 43.6 Å². The van der Waals surface area contributed by atoms with Crippen LogP contribution in [0.4, 0.5) is 5.69 Å². The van der Waals surface area contributed by atoms with E-state index in [1.807, 2.05) is 32.9 Å². The van der Waals surface area contributed by atoms with E-state index < -0.39 is 22.5 Å². The number of nitrogens with zero attached hydrogens (tertiary/aromatic N) is 3. The van der Waals surface area contributed by atoms with Crippen molar-refractivity contribution in [2.24, 2.45) is 5.10 Å². The first-order chi connectivity index (χ1) is 18.9. The number of amides is 1. The van der Waals surface area contributed by atoms with Gasteiger partial charge in [0.2, 0.25) is 0 Å². The van der Waals surface area contributed by atoms with Gasteiger partial charge in [0.05, 0.1) is 22.5 Å². The number of hydrogen-bond donors (Lipinski definition) is 1. The summed E-state index contributed by atoms with van der Waals surface area (Å²) in [6.45, 7) is 9.46. The highest BCUT2D eigenvalue weighted by molar-refractivity contribution is 7.92. The molecule has 0 saturated carbocycles. The van der Waals surface area contributed by atoms with Crippen molar-refractivity contribution in [3.8, 4) is 5.69 Å². The van der Waals surface area contributed by atoms with Crippen molar-refractivity contribution in [2.75, 3.05) is 10.8 Å². The number of halogens is 2. The minimum atomic E-state index is -4.12. The van der Waals surface area contributed by atoms with E-state index >= 15 is 0 Å². The normalized spacial score (nSPS) is 11.7. The summed E-state index contributed by atoms with van der Waals surface area (Å²) in [5.41, 5.74) is 9.74. The van der Waals surface area contributed by atoms with Gasteiger partial charge in [-0.25, -0.2) is 13.8 Å². The quantitative estimate of drug-likeness (QED) is 0.182. The number of hydrogen-bond acceptors (Lipinski definition) is 4. The Labute approximate surface area is 245 Å². The highest BCUT2D eigenvalue weighted by Crippen LogP contribution is 2.30. The molecule has 0 atom stereocenters. The zero-order valence-electron chi connectivity index (χ0n) is 22.9. The zero-order valence-corrected chi connectivity index (χ0v) is 25.2. The summed E-state index contributed by atoms with van der Waals surface area (Å²) in [4.78, 5) is 13.0. The first kappa shape index (κ1) is 29.4. The van der Waals surface area contributed by atoms with Gasteiger partial charge in [-0.2, -0.15) is 5.10 Å². The molecule has 4 aromatic rings. The first-order valence-corrected chi connectivity index (χ1v) is 14.7. The van der Waals surface area contributed by atoms with Gasteiger partial charge in [0, 0.05) is 27.0 Å². The van der Waals surface area contributed by atoms with Gasteiger partial charge in [0.25, 0.3) is 15.9 Å². The Kier molecular flexibility index (Phi) is 8.73. The van der Waals surface area contributed by atoms with E-state index in [0.29, 0.717) is 0 Å². The second-order valence-electron chi connectivity index (χ2n) is 9.65. The lowest BCUT2D eigenvalue weighted by Crippen LogP contribution is -2.39. The maximum atomic E-state index is 13.6. The lowest BCUT2D eigenvalue weighted by atomic mass is 10.1. The van der Waals surface area contributed by atoms with Crippen LogP contribution in [0.5, 0.6) is 0 Å². The summed E-state index contributed by atoms with van der Waals surface area (Å²) >= 11 is 12.3. The summed E-state index contributed by atoms with van der Waals surface area (Å²) in [5, 5.41) is 4.61. The number of aromatic nitrogens is 1. The molecule has 208 valence electrons. The third-order valence-corrected chi connectivity index (χ3v) is 8.78. The van der Waals surface area contributed by atoms with Crippen LogP contribution in [0.15, 0.2) is 76.7 Å². The molecule has 0 aliphatic rings. The van der Waals surface area contributed by atoms with E-state index in [2.05, 4.69) is 41.1 Å². The summed E-state index contributed by atoms with van der Waals surface area (Å²) in [6.07, 6.45) is 1.55. The van der Waals surface area contributed by atoms with Gasteiger partial charge in [0.15, 0.2) is 0 Å². The Bertz CT molecular complexity index is 1670. The zero-order chi connectivity index (χ0) is 29.2. The van der Waals surface area contributed by atoms with Crippen molar-refractivity contribution in [3.05, 3.63) is 110 Å². The molecule has 0 bridgehead atoms. The van der Waals surface area contributed by atoms with Crippen molar-refractivity contribution in [1.29, 1.82) is 0 Å². The molecule has 1 amide bonds. The van der Waals surface area contributed by atoms with E-state index in [1.54, 1.807) is 18.3 Å². The smallest absolute Gasteiger partial charge is 0.264 e. The number of rotatable bonds is 8. The number of anilines is 1. The summed E-state index contributed by atoms with van der Waals surface area (Å²) in [7, 11) is -4.12. The molecule has 0 fully saturated rings. The number of carbonyl (C=O) groups excluding carboxylic acids is 1. The van der Waals surface area contributed by atoms with Crippen LogP contribution in [-0.4, -0.2) is 31.7 Å². The third kappa shape index (κ3) is 6.25. The van der Waals surface area contributed by atoms with Crippen LogP contribution in [0.2, 0.25) is 10.0 Å². The number of nitrogens with one attached hydrogen (secondary N) is 1. The lowest BCUT2D eigenvalue weighted by molar-refractivity contribution is -0.119. The van der Waals surface area contributed by atoms with E-state index in [9.17, 15) is 13.2 Å². The van der Waals surface area contributed by atoms with Crippen LogP contribution in [0, 0.1) is 34.6 Å². The van der Waals surface area contributed by atoms with E-state index in [-0.39, 0.29) is 20.6 Å². The van der Waals surface area contributed by atoms with Crippen LogP contribution in [0.25, 0.3) is 5.69 Å². The molecule has 0 aliphatic heterocycles. The maximum absolute atomic E-state index is 13.6. The molecule has 0 saturated heterocycles. The van der Waals surface area contributed by atoms with Gasteiger partial charge >= 0.3 is 0 Å². The number of sulfonamides is 1. The molecule has 1 N–H and O–H groups in total. The fraction of sp³-hybridized carbons (Fsp3) is 0.200. The SMILES string of the molecule is Cc1ccc(S(=O)(=O)N(CC(=O)N/N=C\c2cc(C)n(-c3c(C)cccc3C)c2C)c2cc(Cl)cc(Cl)c2)cc1. The van der Waals surface area contributed by atoms with Gasteiger partial charge in [0.1, 0.15) is 6.54 Å². The maximum Gasteiger partial charge on any atom is 0.264 e. The molecule has 0 spiro atoms. The second-order valence-corrected chi connectivity index (χ2v) is 12.4. The average Bonchev–Trinajstić information content (AvgIpc) is 3.15. The molecule has 1 heterocycles. The Balaban J connectivity index is 1.60. The van der Waals surface area contributed by atoms with Crippen LogP contribution in [-0.2, 0) is 14.8 Å². The molecular weight excluding hydrogens is 567 g/mol. The third-order valence-electron chi connectivity index (χ3n) is 6.56. The number of carbonyl (C=O) groups is 1. The molecule has 40 heavy (non-hydrogen) atoms. The van der Waals surface area contributed by atoms with E-state index in [4.69, 9.17) is 23.2 Å². The summed E-state index contributed by atoms with van der Waals surface area (Å²) < 4.78 is 30.3. The largest absolute Gasteiger partial charge is 0.317 e. The molecule has 0 unspecified atom stereocenters. The monoisotopic (exact) mass is 596 g/mol. The molecule has 1 aromatic heterocycles. The van der Waals surface area contributed by atoms with Crippen molar-refractivity contribution < 1.29 is 13.2 Å². The van der Waals surface area contributed by atoms with Gasteiger partial charge in [-0.05, 0) is 82.1 Å². The highest BCUT2D eigenvalue weighted by Gasteiger charge is 2.28. The van der Waals surface area contributed by atoms with Gasteiger partial charge in [-0.1, -0.05) is 59.1 Å². The second kappa shape index (κ2) is 11.9. The van der Waals surface area contributed by atoms with Crippen LogP contribution < -0.4 is 9.73 Å². The Morgan fingerprint density at radius 3 is 2.12 bits per heavy atom. The number of para-hydroxylation sites is 1.